The summed E-state index contributed by atoms with van der Waals surface area (Å²) in [6.07, 6.45) is 0. The number of carbonyl (C=O) groups is 2. The van der Waals surface area contributed by atoms with Gasteiger partial charge in [-0.25, -0.2) is 0 Å². The van der Waals surface area contributed by atoms with Crippen molar-refractivity contribution >= 4 is 49.7 Å². The Hall–Kier alpha value is -1.36. The van der Waals surface area contributed by atoms with Crippen LogP contribution in [0.1, 0.15) is 38.8 Å². The second-order valence-electron chi connectivity index (χ2n) is 6.56. The summed E-state index contributed by atoms with van der Waals surface area (Å²) in [5.74, 6) is -2.09. The molecule has 5 heteroatoms. The molecule has 128 valence electrons. The molecule has 2 aromatic rings. The molecule has 0 spiro atoms. The molecule has 0 amide bonds. The maximum Gasteiger partial charge on any atom is 2.00 e. The molecule has 0 N–H and O–H groups in total. The van der Waals surface area contributed by atoms with E-state index in [1.165, 1.54) is 0 Å². The van der Waals surface area contributed by atoms with Crippen LogP contribution in [0.5, 0.6) is 0 Å². The van der Waals surface area contributed by atoms with E-state index in [4.69, 9.17) is 0 Å². The minimum atomic E-state index is -1.05. The molecule has 2 aromatic carbocycles. The number of carboxylic acids is 2. The number of hydrogen-bond donors (Lipinski definition) is 0. The van der Waals surface area contributed by atoms with Crippen LogP contribution in [0.25, 0.3) is 0 Å². The van der Waals surface area contributed by atoms with Gasteiger partial charge in [-0.2, -0.15) is 0 Å². The Labute approximate surface area is 178 Å². The topological polar surface area (TPSA) is 80.3 Å². The van der Waals surface area contributed by atoms with E-state index in [0.29, 0.717) is 0 Å². The van der Waals surface area contributed by atoms with Gasteiger partial charge in [-0.3, -0.25) is 0 Å². The maximum absolute atomic E-state index is 10.7. The van der Waals surface area contributed by atoms with Gasteiger partial charge in [0, 0.05) is 10.8 Å². The van der Waals surface area contributed by atoms with E-state index in [0.717, 1.165) is 11.1 Å². The van der Waals surface area contributed by atoms with E-state index in [1.807, 2.05) is 36.4 Å². The van der Waals surface area contributed by atoms with E-state index in [2.05, 4.69) is 0 Å². The third-order valence-corrected chi connectivity index (χ3v) is 4.01. The Kier molecular flexibility index (Phi) is 9.41. The third-order valence-electron chi connectivity index (χ3n) is 4.01. The van der Waals surface area contributed by atoms with Crippen molar-refractivity contribution in [3.63, 3.8) is 0 Å². The van der Waals surface area contributed by atoms with Crippen LogP contribution in [0.3, 0.4) is 0 Å². The predicted molar refractivity (Wildman–Crippen MR) is 94.7 cm³/mol. The molecule has 0 radical (unpaired) electrons. The molecule has 2 rings (SSSR count). The van der Waals surface area contributed by atoms with Crippen LogP contribution >= 0.6 is 0 Å². The van der Waals surface area contributed by atoms with Crippen molar-refractivity contribution in [2.45, 2.75) is 38.5 Å². The molecule has 0 aliphatic heterocycles. The van der Waals surface area contributed by atoms with Crippen molar-refractivity contribution in [2.24, 2.45) is 0 Å². The predicted octanol–water partition coefficient (Wildman–Crippen LogP) is 1.05. The molecule has 0 bridgehead atoms. The number of carbonyl (C=O) groups excluding carboxylic acids is 2. The minimum Gasteiger partial charge on any atom is -0.549 e. The van der Waals surface area contributed by atoms with Crippen molar-refractivity contribution in [3.8, 4) is 0 Å². The Morgan fingerprint density at radius 2 is 0.880 bits per heavy atom. The van der Waals surface area contributed by atoms with Gasteiger partial charge in [0.1, 0.15) is 0 Å². The first-order valence-electron chi connectivity index (χ1n) is 7.64. The Morgan fingerprint density at radius 3 is 1.08 bits per heavy atom. The summed E-state index contributed by atoms with van der Waals surface area (Å²) in [4.78, 5) is 21.4. The molecule has 0 aliphatic carbocycles. The fourth-order valence-electron chi connectivity index (χ4n) is 1.95. The van der Waals surface area contributed by atoms with Gasteiger partial charge in [-0.1, -0.05) is 88.4 Å². The Balaban J connectivity index is 0.000000443. The number of carboxylic acid groups (broad SMARTS) is 2. The number of rotatable bonds is 4. The quantitative estimate of drug-likeness (QED) is 0.758. The summed E-state index contributed by atoms with van der Waals surface area (Å²) in [5.41, 5.74) is -0.266. The monoisotopic (exact) mass is 366 g/mol. The van der Waals surface area contributed by atoms with Crippen LogP contribution < -0.4 is 10.2 Å². The molecule has 0 aliphatic rings. The third kappa shape index (κ3) is 6.46. The van der Waals surface area contributed by atoms with Crippen molar-refractivity contribution in [3.05, 3.63) is 71.8 Å². The van der Waals surface area contributed by atoms with Gasteiger partial charge in [0.15, 0.2) is 0 Å². The minimum absolute atomic E-state index is 0. The van der Waals surface area contributed by atoms with E-state index >= 15 is 0 Å². The summed E-state index contributed by atoms with van der Waals surface area (Å²) in [5, 5.41) is 21.4. The van der Waals surface area contributed by atoms with Gasteiger partial charge in [-0.15, -0.1) is 0 Å². The van der Waals surface area contributed by atoms with Crippen LogP contribution in [0.15, 0.2) is 60.7 Å². The Morgan fingerprint density at radius 1 is 0.640 bits per heavy atom. The maximum atomic E-state index is 10.7. The molecular formula is C20H22CaO4. The normalized spacial score (nSPS) is 10.7. The molecule has 0 atom stereocenters. The largest absolute Gasteiger partial charge is 2.00 e. The molecule has 0 saturated heterocycles. The first-order valence-corrected chi connectivity index (χ1v) is 7.64. The molecule has 25 heavy (non-hydrogen) atoms. The standard InChI is InChI=1S/2C10H12O2.Ca/c2*1-10(2,9(11)12)8-6-4-3-5-7-8;/h2*3-7H,1-2H3,(H,11,12);/q;;+2/p-2. The van der Waals surface area contributed by atoms with Crippen LogP contribution in [0.4, 0.5) is 0 Å². The van der Waals surface area contributed by atoms with Crippen molar-refractivity contribution in [1.29, 1.82) is 0 Å². The van der Waals surface area contributed by atoms with Crippen molar-refractivity contribution < 1.29 is 19.8 Å². The summed E-state index contributed by atoms with van der Waals surface area (Å²) < 4.78 is 0. The molecule has 4 nitrogen and oxygen atoms in total. The van der Waals surface area contributed by atoms with E-state index in [9.17, 15) is 19.8 Å². The summed E-state index contributed by atoms with van der Waals surface area (Å²) >= 11 is 0. The summed E-state index contributed by atoms with van der Waals surface area (Å²) in [6.45, 7) is 6.55. The molecule has 0 unspecified atom stereocenters. The van der Waals surface area contributed by atoms with Gasteiger partial charge in [0.25, 0.3) is 0 Å². The number of benzene rings is 2. The first-order chi connectivity index (χ1) is 11.1. The molecule has 0 aromatic heterocycles. The second kappa shape index (κ2) is 9.95. The fraction of sp³-hybridized carbons (Fsp3) is 0.300. The summed E-state index contributed by atoms with van der Waals surface area (Å²) in [6, 6.07) is 18.1. The van der Waals surface area contributed by atoms with Gasteiger partial charge in [0.05, 0.1) is 11.9 Å². The Bertz CT molecular complexity index is 618. The first kappa shape index (κ1) is 23.6. The van der Waals surface area contributed by atoms with Crippen molar-refractivity contribution in [2.75, 3.05) is 0 Å². The van der Waals surface area contributed by atoms with E-state index in [1.54, 1.807) is 52.0 Å². The van der Waals surface area contributed by atoms with Gasteiger partial charge in [0.2, 0.25) is 0 Å². The number of hydrogen-bond acceptors (Lipinski definition) is 4. The molecule has 0 heterocycles. The molecule has 0 saturated carbocycles. The number of aliphatic carboxylic acids is 2. The van der Waals surface area contributed by atoms with Gasteiger partial charge < -0.3 is 19.8 Å². The zero-order chi connectivity index (χ0) is 18.4. The molecule has 0 fully saturated rings. The average molecular weight is 366 g/mol. The van der Waals surface area contributed by atoms with Crippen LogP contribution in [-0.4, -0.2) is 49.7 Å². The van der Waals surface area contributed by atoms with Crippen LogP contribution in [0.2, 0.25) is 0 Å². The fourth-order valence-corrected chi connectivity index (χ4v) is 1.95. The molecular weight excluding hydrogens is 344 g/mol. The van der Waals surface area contributed by atoms with Crippen LogP contribution in [-0.2, 0) is 20.4 Å². The smallest absolute Gasteiger partial charge is 0.549 e. The SMILES string of the molecule is CC(C)(C(=O)[O-])c1ccccc1.CC(C)(C(=O)[O-])c1ccccc1.[Ca+2]. The van der Waals surface area contributed by atoms with Gasteiger partial charge >= 0.3 is 37.7 Å². The van der Waals surface area contributed by atoms with Gasteiger partial charge in [-0.05, 0) is 11.1 Å². The van der Waals surface area contributed by atoms with Crippen molar-refractivity contribution in [1.82, 2.24) is 0 Å². The second-order valence-corrected chi connectivity index (χ2v) is 6.56. The van der Waals surface area contributed by atoms with E-state index in [-0.39, 0.29) is 37.7 Å². The zero-order valence-electron chi connectivity index (χ0n) is 15.1. The van der Waals surface area contributed by atoms with Crippen LogP contribution in [0, 0.1) is 0 Å². The van der Waals surface area contributed by atoms with E-state index < -0.39 is 22.8 Å². The summed E-state index contributed by atoms with van der Waals surface area (Å²) in [7, 11) is 0. The zero-order valence-corrected chi connectivity index (χ0v) is 17.3. The average Bonchev–Trinajstić information content (AvgIpc) is 2.56.